The lowest BCUT2D eigenvalue weighted by Gasteiger charge is -2.35. The number of fused-ring (bicyclic) bond motifs is 1. The molecule has 10 heteroatoms. The Bertz CT molecular complexity index is 2330. The van der Waals surface area contributed by atoms with Crippen LogP contribution in [-0.2, 0) is 27.9 Å². The normalized spacial score (nSPS) is 13.8. The maximum absolute atomic E-state index is 13.9. The fraction of sp³-hybridized carbons (Fsp3) is 0.317. The number of anilines is 1. The molecule has 262 valence electrons. The van der Waals surface area contributed by atoms with Gasteiger partial charge >= 0.3 is 5.97 Å². The van der Waals surface area contributed by atoms with E-state index < -0.39 is 17.7 Å². The van der Waals surface area contributed by atoms with Crippen molar-refractivity contribution in [3.8, 4) is 33.6 Å². The molecule has 6 aromatic rings. The summed E-state index contributed by atoms with van der Waals surface area (Å²) in [7, 11) is 5.68. The van der Waals surface area contributed by atoms with Crippen LogP contribution in [0.5, 0.6) is 0 Å². The molecular formula is C41H44N6O4. The van der Waals surface area contributed by atoms with E-state index in [-0.39, 0.29) is 12.5 Å². The first-order chi connectivity index (χ1) is 24.2. The number of nitrogens with zero attached hydrogens (tertiary/aromatic N) is 6. The van der Waals surface area contributed by atoms with Gasteiger partial charge < -0.3 is 24.2 Å². The number of carbonyl (C=O) groups excluding carboxylic acids is 1. The van der Waals surface area contributed by atoms with E-state index in [0.717, 1.165) is 66.7 Å². The standard InChI is InChI=1S/C41H44N6O4/c1-24-9-11-26(12-10-24)36-30-21-33(28-15-16-42-31(20-28)27-13-14-32-29(19-27)22-43-45(32)8)46-17-18-47(34(48)23-44(6)7)37(38(30)46)25(2)35(36)39(40(49)50)51-41(3,4)5/h9-16,19-22,39H,17-18,23H2,1-8H3,(H,49,50)/t39-/m0/s1. The third-order valence-corrected chi connectivity index (χ3v) is 9.58. The second-order valence-electron chi connectivity index (χ2n) is 14.8. The highest BCUT2D eigenvalue weighted by molar-refractivity contribution is 6.13. The molecule has 0 saturated heterocycles. The van der Waals surface area contributed by atoms with Crippen molar-refractivity contribution in [2.45, 2.75) is 52.9 Å². The third kappa shape index (κ3) is 6.19. The van der Waals surface area contributed by atoms with Gasteiger partial charge in [0.05, 0.1) is 40.8 Å². The van der Waals surface area contributed by atoms with Crippen molar-refractivity contribution in [1.82, 2.24) is 24.2 Å². The topological polar surface area (TPSA) is 106 Å². The number of aryl methyl sites for hydroxylation is 2. The van der Waals surface area contributed by atoms with E-state index in [9.17, 15) is 14.7 Å². The summed E-state index contributed by atoms with van der Waals surface area (Å²) in [4.78, 5) is 35.6. The lowest BCUT2D eigenvalue weighted by molar-refractivity contribution is -0.160. The van der Waals surface area contributed by atoms with Crippen molar-refractivity contribution in [1.29, 1.82) is 0 Å². The molecule has 0 unspecified atom stereocenters. The fourth-order valence-corrected chi connectivity index (χ4v) is 7.37. The molecular weight excluding hydrogens is 640 g/mol. The Morgan fingerprint density at radius 1 is 0.961 bits per heavy atom. The van der Waals surface area contributed by atoms with Crippen molar-refractivity contribution in [3.63, 3.8) is 0 Å². The Kier molecular flexibility index (Phi) is 8.55. The van der Waals surface area contributed by atoms with Gasteiger partial charge in [-0.15, -0.1) is 0 Å². The Labute approximate surface area is 297 Å². The van der Waals surface area contributed by atoms with Gasteiger partial charge in [-0.1, -0.05) is 35.9 Å². The maximum atomic E-state index is 13.9. The van der Waals surface area contributed by atoms with Crippen LogP contribution >= 0.6 is 0 Å². The van der Waals surface area contributed by atoms with Gasteiger partial charge in [0.1, 0.15) is 0 Å². The molecule has 0 fully saturated rings. The Balaban J connectivity index is 1.53. The van der Waals surface area contributed by atoms with Crippen molar-refractivity contribution in [3.05, 3.63) is 89.7 Å². The third-order valence-electron chi connectivity index (χ3n) is 9.58. The highest BCUT2D eigenvalue weighted by Crippen LogP contribution is 2.49. The highest BCUT2D eigenvalue weighted by atomic mass is 16.5. The van der Waals surface area contributed by atoms with E-state index in [4.69, 9.17) is 9.72 Å². The second kappa shape index (κ2) is 12.8. The number of carboxylic acids is 1. The van der Waals surface area contributed by atoms with Gasteiger partial charge in [0.2, 0.25) is 5.91 Å². The van der Waals surface area contributed by atoms with Gasteiger partial charge in [-0.25, -0.2) is 4.79 Å². The second-order valence-corrected chi connectivity index (χ2v) is 14.8. The molecule has 1 N–H and O–H groups in total. The maximum Gasteiger partial charge on any atom is 0.337 e. The van der Waals surface area contributed by atoms with Crippen LogP contribution < -0.4 is 4.90 Å². The zero-order valence-corrected chi connectivity index (χ0v) is 30.5. The number of pyridine rings is 1. The zero-order chi connectivity index (χ0) is 36.4. The molecule has 1 amide bonds. The summed E-state index contributed by atoms with van der Waals surface area (Å²) in [6, 6.07) is 20.6. The van der Waals surface area contributed by atoms with Crippen LogP contribution in [0, 0.1) is 13.8 Å². The summed E-state index contributed by atoms with van der Waals surface area (Å²) < 4.78 is 10.5. The molecule has 0 saturated carbocycles. The van der Waals surface area contributed by atoms with Gasteiger partial charge in [0.25, 0.3) is 0 Å². The number of rotatable bonds is 8. The predicted molar refractivity (Wildman–Crippen MR) is 202 cm³/mol. The first-order valence-electron chi connectivity index (χ1n) is 17.2. The number of benzene rings is 3. The Hall–Kier alpha value is -5.32. The van der Waals surface area contributed by atoms with Crippen molar-refractivity contribution in [2.75, 3.05) is 32.1 Å². The van der Waals surface area contributed by atoms with Crippen molar-refractivity contribution < 1.29 is 19.4 Å². The van der Waals surface area contributed by atoms with E-state index in [1.54, 1.807) is 0 Å². The van der Waals surface area contributed by atoms with Gasteiger partial charge in [-0.2, -0.15) is 5.10 Å². The smallest absolute Gasteiger partial charge is 0.337 e. The molecule has 3 aromatic heterocycles. The van der Waals surface area contributed by atoms with Crippen LogP contribution in [0.1, 0.15) is 43.6 Å². The number of likely N-dealkylation sites (N-methyl/N-ethyl adjacent to an activating group) is 1. The monoisotopic (exact) mass is 684 g/mol. The molecule has 1 atom stereocenters. The van der Waals surface area contributed by atoms with Crippen LogP contribution in [0.4, 0.5) is 5.69 Å². The van der Waals surface area contributed by atoms with E-state index in [1.807, 2.05) is 113 Å². The number of carboxylic acid groups (broad SMARTS) is 1. The minimum Gasteiger partial charge on any atom is -0.479 e. The lowest BCUT2D eigenvalue weighted by atomic mass is 9.86. The van der Waals surface area contributed by atoms with E-state index in [0.29, 0.717) is 24.2 Å². The summed E-state index contributed by atoms with van der Waals surface area (Å²) in [6.45, 7) is 10.8. The molecule has 0 aliphatic carbocycles. The summed E-state index contributed by atoms with van der Waals surface area (Å²) in [5.74, 6) is -1.13. The first-order valence-corrected chi connectivity index (χ1v) is 17.2. The molecule has 3 aromatic carbocycles. The average Bonchev–Trinajstić information content (AvgIpc) is 3.65. The van der Waals surface area contributed by atoms with Crippen molar-refractivity contribution in [2.24, 2.45) is 7.05 Å². The van der Waals surface area contributed by atoms with Gasteiger partial charge in [0, 0.05) is 59.5 Å². The molecule has 0 bridgehead atoms. The van der Waals surface area contributed by atoms with E-state index >= 15 is 0 Å². The van der Waals surface area contributed by atoms with E-state index in [1.165, 1.54) is 0 Å². The quantitative estimate of drug-likeness (QED) is 0.178. The van der Waals surface area contributed by atoms with Gasteiger partial charge in [-0.3, -0.25) is 14.5 Å². The van der Waals surface area contributed by atoms with Crippen LogP contribution in [0.3, 0.4) is 0 Å². The molecule has 4 heterocycles. The summed E-state index contributed by atoms with van der Waals surface area (Å²) >= 11 is 0. The summed E-state index contributed by atoms with van der Waals surface area (Å²) in [6.07, 6.45) is 2.41. The number of hydrogen-bond donors (Lipinski definition) is 1. The average molecular weight is 685 g/mol. The minimum absolute atomic E-state index is 0.0481. The number of aliphatic carboxylic acids is 1. The number of aromatic nitrogens is 4. The summed E-state index contributed by atoms with van der Waals surface area (Å²) in [5, 5.41) is 17.1. The SMILES string of the molecule is Cc1ccc(-c2c([C@H](OC(C)(C)C)C(=O)O)c(C)c3c4c2cc(-c2ccnc(-c5ccc6c(cnn6C)c5)c2)n4CCN3C(=O)CN(C)C)cc1. The van der Waals surface area contributed by atoms with Crippen molar-refractivity contribution >= 4 is 39.4 Å². The largest absolute Gasteiger partial charge is 0.479 e. The highest BCUT2D eigenvalue weighted by Gasteiger charge is 2.37. The van der Waals surface area contributed by atoms with Crippen LogP contribution in [0.15, 0.2) is 73.1 Å². The van der Waals surface area contributed by atoms with Gasteiger partial charge in [0.15, 0.2) is 6.10 Å². The molecule has 10 nitrogen and oxygen atoms in total. The van der Waals surface area contributed by atoms with Crippen LogP contribution in [-0.4, -0.2) is 74.0 Å². The number of amides is 1. The number of hydrogen-bond acceptors (Lipinski definition) is 6. The van der Waals surface area contributed by atoms with Crippen LogP contribution in [0.2, 0.25) is 0 Å². The number of carbonyl (C=O) groups is 2. The molecule has 7 rings (SSSR count). The minimum atomic E-state index is -1.28. The Morgan fingerprint density at radius 2 is 1.69 bits per heavy atom. The van der Waals surface area contributed by atoms with Crippen LogP contribution in [0.25, 0.3) is 55.4 Å². The molecule has 1 aliphatic heterocycles. The predicted octanol–water partition coefficient (Wildman–Crippen LogP) is 7.39. The first kappa shape index (κ1) is 34.1. The number of ether oxygens (including phenoxy) is 1. The summed E-state index contributed by atoms with van der Waals surface area (Å²) in [5.41, 5.74) is 9.70. The molecule has 0 spiro atoms. The molecule has 1 aliphatic rings. The van der Waals surface area contributed by atoms with Gasteiger partial charge in [-0.05, 0) is 95.7 Å². The Morgan fingerprint density at radius 3 is 2.37 bits per heavy atom. The fourth-order valence-electron chi connectivity index (χ4n) is 7.37. The molecule has 0 radical (unpaired) electrons. The van der Waals surface area contributed by atoms with E-state index in [2.05, 4.69) is 40.0 Å². The zero-order valence-electron chi connectivity index (χ0n) is 30.5. The lowest BCUT2D eigenvalue weighted by Crippen LogP contribution is -2.42. The molecule has 51 heavy (non-hydrogen) atoms.